The molecule has 0 aromatic heterocycles. The standard InChI is InChI=1S/C19H27BrN2O4S/c1-11-18(23)21-15-9-13(20)10-16(17(15)26-11)27(24,25)22-14-7-5-12(6-8-14)19(2,3)4/h9-12,14,22H,5-8H2,1-4H3,(H,21,23). The van der Waals surface area contributed by atoms with E-state index in [1.54, 1.807) is 13.0 Å². The number of hydrogen-bond donors (Lipinski definition) is 2. The number of halogens is 1. The Balaban J connectivity index is 1.81. The third-order valence-corrected chi connectivity index (χ3v) is 7.49. The molecule has 8 heteroatoms. The number of carbonyl (C=O) groups excluding carboxylic acids is 1. The van der Waals surface area contributed by atoms with E-state index < -0.39 is 16.1 Å². The van der Waals surface area contributed by atoms with Gasteiger partial charge in [-0.1, -0.05) is 36.7 Å². The van der Waals surface area contributed by atoms with Gasteiger partial charge in [-0.2, -0.15) is 0 Å². The molecule has 27 heavy (non-hydrogen) atoms. The Hall–Kier alpha value is -1.12. The van der Waals surface area contributed by atoms with Crippen molar-refractivity contribution in [3.05, 3.63) is 16.6 Å². The van der Waals surface area contributed by atoms with Gasteiger partial charge in [0.25, 0.3) is 5.91 Å². The number of amides is 1. The fourth-order valence-electron chi connectivity index (χ4n) is 3.81. The molecule has 1 amide bonds. The number of fused-ring (bicyclic) bond motifs is 1. The number of carbonyl (C=O) groups is 1. The summed E-state index contributed by atoms with van der Waals surface area (Å²) in [5.74, 6) is 0.509. The van der Waals surface area contributed by atoms with Crippen LogP contribution in [0.1, 0.15) is 53.4 Å². The molecule has 0 spiro atoms. The maximum atomic E-state index is 13.1. The van der Waals surface area contributed by atoms with Crippen LogP contribution in [-0.2, 0) is 14.8 Å². The van der Waals surface area contributed by atoms with E-state index in [1.807, 2.05) is 0 Å². The Bertz CT molecular complexity index is 840. The van der Waals surface area contributed by atoms with E-state index >= 15 is 0 Å². The number of anilines is 1. The highest BCUT2D eigenvalue weighted by molar-refractivity contribution is 9.10. The normalized spacial score (nSPS) is 26.1. The second-order valence-corrected chi connectivity index (χ2v) is 11.2. The number of sulfonamides is 1. The Kier molecular flexibility index (Phi) is 5.62. The molecule has 1 fully saturated rings. The summed E-state index contributed by atoms with van der Waals surface area (Å²) < 4.78 is 35.2. The van der Waals surface area contributed by atoms with Crippen molar-refractivity contribution >= 4 is 37.5 Å². The van der Waals surface area contributed by atoms with Crippen molar-refractivity contribution in [3.63, 3.8) is 0 Å². The largest absolute Gasteiger partial charge is 0.477 e. The highest BCUT2D eigenvalue weighted by atomic mass is 79.9. The molecular weight excluding hydrogens is 432 g/mol. The highest BCUT2D eigenvalue weighted by Gasteiger charge is 2.34. The van der Waals surface area contributed by atoms with Crippen molar-refractivity contribution in [2.45, 2.75) is 70.4 Å². The van der Waals surface area contributed by atoms with Crippen LogP contribution in [0.25, 0.3) is 0 Å². The predicted octanol–water partition coefficient (Wildman–Crippen LogP) is 4.05. The van der Waals surface area contributed by atoms with Crippen LogP contribution in [0, 0.1) is 11.3 Å². The van der Waals surface area contributed by atoms with Crippen molar-refractivity contribution < 1.29 is 17.9 Å². The average Bonchev–Trinajstić information content (AvgIpc) is 2.55. The average molecular weight is 459 g/mol. The number of nitrogens with one attached hydrogen (secondary N) is 2. The molecule has 1 unspecified atom stereocenters. The molecule has 3 rings (SSSR count). The Morgan fingerprint density at radius 2 is 1.81 bits per heavy atom. The number of rotatable bonds is 3. The topological polar surface area (TPSA) is 84.5 Å². The van der Waals surface area contributed by atoms with Gasteiger partial charge in [0.05, 0.1) is 5.69 Å². The molecule has 0 radical (unpaired) electrons. The molecule has 2 aliphatic rings. The summed E-state index contributed by atoms with van der Waals surface area (Å²) in [6.07, 6.45) is 2.93. The summed E-state index contributed by atoms with van der Waals surface area (Å²) in [5, 5.41) is 2.70. The van der Waals surface area contributed by atoms with Crippen molar-refractivity contribution in [1.82, 2.24) is 4.72 Å². The van der Waals surface area contributed by atoms with Gasteiger partial charge in [-0.05, 0) is 56.1 Å². The first kappa shape index (κ1) is 20.6. The van der Waals surface area contributed by atoms with Gasteiger partial charge in [0.1, 0.15) is 4.90 Å². The lowest BCUT2D eigenvalue weighted by molar-refractivity contribution is -0.122. The van der Waals surface area contributed by atoms with Crippen molar-refractivity contribution in [3.8, 4) is 5.75 Å². The maximum absolute atomic E-state index is 13.1. The minimum absolute atomic E-state index is 0.0525. The molecule has 0 bridgehead atoms. The molecule has 1 aliphatic carbocycles. The lowest BCUT2D eigenvalue weighted by Gasteiger charge is -2.37. The van der Waals surface area contributed by atoms with Crippen LogP contribution in [0.3, 0.4) is 0 Å². The van der Waals surface area contributed by atoms with E-state index in [1.165, 1.54) is 6.07 Å². The van der Waals surface area contributed by atoms with Crippen LogP contribution in [-0.4, -0.2) is 26.5 Å². The SMILES string of the molecule is CC1Oc2c(cc(Br)cc2S(=O)(=O)NC2CCC(C(C)(C)C)CC2)NC1=O. The number of benzene rings is 1. The van der Waals surface area contributed by atoms with Gasteiger partial charge in [-0.25, -0.2) is 13.1 Å². The van der Waals surface area contributed by atoms with Crippen molar-refractivity contribution in [2.75, 3.05) is 5.32 Å². The third kappa shape index (κ3) is 4.49. The Morgan fingerprint density at radius 1 is 1.19 bits per heavy atom. The molecule has 6 nitrogen and oxygen atoms in total. The van der Waals surface area contributed by atoms with E-state index in [0.29, 0.717) is 16.1 Å². The van der Waals surface area contributed by atoms with Crippen LogP contribution in [0.5, 0.6) is 5.75 Å². The second kappa shape index (κ2) is 7.37. The molecule has 1 saturated carbocycles. The zero-order valence-electron chi connectivity index (χ0n) is 16.1. The summed E-state index contributed by atoms with van der Waals surface area (Å²) in [7, 11) is -3.77. The molecule has 1 aromatic rings. The van der Waals surface area contributed by atoms with E-state index in [9.17, 15) is 13.2 Å². The molecule has 150 valence electrons. The summed E-state index contributed by atoms with van der Waals surface area (Å²) in [6.45, 7) is 8.31. The van der Waals surface area contributed by atoms with Crippen molar-refractivity contribution in [2.24, 2.45) is 11.3 Å². The molecule has 2 N–H and O–H groups in total. The molecule has 1 aliphatic heterocycles. The second-order valence-electron chi connectivity index (χ2n) is 8.57. The molecule has 1 heterocycles. The summed E-state index contributed by atoms with van der Waals surface area (Å²) in [4.78, 5) is 11.9. The summed E-state index contributed by atoms with van der Waals surface area (Å²) in [6, 6.07) is 3.08. The number of hydrogen-bond acceptors (Lipinski definition) is 4. The van der Waals surface area contributed by atoms with Crippen LogP contribution in [0.15, 0.2) is 21.5 Å². The molecular formula is C19H27BrN2O4S. The quantitative estimate of drug-likeness (QED) is 0.714. The van der Waals surface area contributed by atoms with Gasteiger partial charge < -0.3 is 10.1 Å². The van der Waals surface area contributed by atoms with Gasteiger partial charge >= 0.3 is 0 Å². The van der Waals surface area contributed by atoms with Gasteiger partial charge in [0.15, 0.2) is 11.9 Å². The van der Waals surface area contributed by atoms with Gasteiger partial charge in [0.2, 0.25) is 10.0 Å². The zero-order valence-corrected chi connectivity index (χ0v) is 18.5. The minimum Gasteiger partial charge on any atom is -0.477 e. The van der Waals surface area contributed by atoms with E-state index in [0.717, 1.165) is 25.7 Å². The minimum atomic E-state index is -3.77. The van der Waals surface area contributed by atoms with E-state index in [4.69, 9.17) is 4.74 Å². The first-order valence-corrected chi connectivity index (χ1v) is 11.6. The lowest BCUT2D eigenvalue weighted by Crippen LogP contribution is -2.40. The van der Waals surface area contributed by atoms with E-state index in [-0.39, 0.29) is 28.0 Å². The monoisotopic (exact) mass is 458 g/mol. The lowest BCUT2D eigenvalue weighted by atomic mass is 9.71. The van der Waals surface area contributed by atoms with E-state index in [2.05, 4.69) is 46.7 Å². The fourth-order valence-corrected chi connectivity index (χ4v) is 5.90. The fraction of sp³-hybridized carbons (Fsp3) is 0.632. The Morgan fingerprint density at radius 3 is 2.41 bits per heavy atom. The van der Waals surface area contributed by atoms with Gasteiger partial charge in [-0.15, -0.1) is 0 Å². The number of ether oxygens (including phenoxy) is 1. The smallest absolute Gasteiger partial charge is 0.265 e. The maximum Gasteiger partial charge on any atom is 0.265 e. The van der Waals surface area contributed by atoms with Crippen LogP contribution in [0.4, 0.5) is 5.69 Å². The zero-order chi connectivity index (χ0) is 20.0. The van der Waals surface area contributed by atoms with Crippen LogP contribution < -0.4 is 14.8 Å². The van der Waals surface area contributed by atoms with Crippen LogP contribution in [0.2, 0.25) is 0 Å². The predicted molar refractivity (Wildman–Crippen MR) is 108 cm³/mol. The van der Waals surface area contributed by atoms with Crippen molar-refractivity contribution in [1.29, 1.82) is 0 Å². The Labute approximate surface area is 169 Å². The van der Waals surface area contributed by atoms with Gasteiger partial charge in [-0.3, -0.25) is 4.79 Å². The first-order valence-electron chi connectivity index (χ1n) is 9.31. The summed E-state index contributed by atoms with van der Waals surface area (Å²) >= 11 is 3.32. The third-order valence-electron chi connectivity index (χ3n) is 5.50. The first-order chi connectivity index (χ1) is 12.5. The van der Waals surface area contributed by atoms with Crippen LogP contribution >= 0.6 is 15.9 Å². The molecule has 0 saturated heterocycles. The summed E-state index contributed by atoms with van der Waals surface area (Å²) in [5.41, 5.74) is 0.611. The molecule has 1 aromatic carbocycles. The van der Waals surface area contributed by atoms with Gasteiger partial charge in [0, 0.05) is 10.5 Å². The molecule has 1 atom stereocenters. The highest BCUT2D eigenvalue weighted by Crippen LogP contribution is 2.41.